The van der Waals surface area contributed by atoms with Crippen LogP contribution in [0.25, 0.3) is 0 Å². The van der Waals surface area contributed by atoms with Crippen molar-refractivity contribution in [1.29, 1.82) is 0 Å². The summed E-state index contributed by atoms with van der Waals surface area (Å²) >= 11 is 0. The number of carbonyl (C=O) groups is 2. The minimum Gasteiger partial charge on any atom is -0.376 e. The molecule has 1 heterocycles. The largest absolute Gasteiger partial charge is 0.376 e. The number of nitrogens with zero attached hydrogens (tertiary/aromatic N) is 1. The van der Waals surface area contributed by atoms with Gasteiger partial charge in [-0.15, -0.1) is 0 Å². The van der Waals surface area contributed by atoms with Gasteiger partial charge in [-0.1, -0.05) is 12.1 Å². The second kappa shape index (κ2) is 5.35. The fraction of sp³-hybridized carbons (Fsp3) is 0.467. The third kappa shape index (κ3) is 2.84. The van der Waals surface area contributed by atoms with E-state index in [1.54, 1.807) is 4.90 Å². The molecule has 3 rings (SSSR count). The number of hydrogen-bond acceptors (Lipinski definition) is 3. The number of anilines is 1. The summed E-state index contributed by atoms with van der Waals surface area (Å²) in [5.41, 5.74) is 8.11. The molecule has 2 atom stereocenters. The molecule has 2 aliphatic rings. The maximum absolute atomic E-state index is 13.1. The lowest BCUT2D eigenvalue weighted by Crippen LogP contribution is -2.37. The first-order valence-corrected chi connectivity index (χ1v) is 7.12. The maximum Gasteiger partial charge on any atom is 0.236 e. The number of primary amides is 1. The molecular formula is C15H18FN3O2. The molecular weight excluding hydrogens is 273 g/mol. The van der Waals surface area contributed by atoms with E-state index in [2.05, 4.69) is 5.32 Å². The molecule has 1 aliphatic heterocycles. The van der Waals surface area contributed by atoms with Crippen molar-refractivity contribution in [2.45, 2.75) is 25.6 Å². The number of alkyl halides is 1. The van der Waals surface area contributed by atoms with Crippen molar-refractivity contribution < 1.29 is 14.0 Å². The van der Waals surface area contributed by atoms with E-state index in [4.69, 9.17) is 5.73 Å². The first-order valence-electron chi connectivity index (χ1n) is 7.12. The van der Waals surface area contributed by atoms with Gasteiger partial charge >= 0.3 is 0 Å². The van der Waals surface area contributed by atoms with Crippen molar-refractivity contribution in [3.8, 4) is 0 Å². The van der Waals surface area contributed by atoms with Crippen LogP contribution in [0.4, 0.5) is 10.1 Å². The summed E-state index contributed by atoms with van der Waals surface area (Å²) in [5.74, 6) is -0.982. The minimum atomic E-state index is -0.970. The molecule has 5 nitrogen and oxygen atoms in total. The van der Waals surface area contributed by atoms with E-state index in [-0.39, 0.29) is 12.5 Å². The fourth-order valence-electron chi connectivity index (χ4n) is 2.77. The van der Waals surface area contributed by atoms with Gasteiger partial charge in [0, 0.05) is 18.8 Å². The van der Waals surface area contributed by atoms with Gasteiger partial charge in [0.2, 0.25) is 11.8 Å². The van der Waals surface area contributed by atoms with Crippen LogP contribution in [0.5, 0.6) is 0 Å². The highest BCUT2D eigenvalue weighted by molar-refractivity contribution is 5.83. The minimum absolute atomic E-state index is 0.0551. The lowest BCUT2D eigenvalue weighted by Gasteiger charge is -2.30. The summed E-state index contributed by atoms with van der Waals surface area (Å²) in [4.78, 5) is 24.8. The molecule has 1 fully saturated rings. The Bertz CT molecular complexity index is 590. The first-order chi connectivity index (χ1) is 10.1. The number of nitrogens with two attached hydrogens (primary N) is 1. The first kappa shape index (κ1) is 13.9. The molecule has 0 spiro atoms. The Morgan fingerprint density at radius 1 is 1.43 bits per heavy atom. The second-order valence-corrected chi connectivity index (χ2v) is 5.63. The molecule has 21 heavy (non-hydrogen) atoms. The van der Waals surface area contributed by atoms with E-state index < -0.39 is 18.0 Å². The zero-order valence-corrected chi connectivity index (χ0v) is 11.6. The Labute approximate surface area is 122 Å². The van der Waals surface area contributed by atoms with Gasteiger partial charge in [-0.25, -0.2) is 4.39 Å². The summed E-state index contributed by atoms with van der Waals surface area (Å²) in [7, 11) is 0. The van der Waals surface area contributed by atoms with E-state index >= 15 is 0 Å². The van der Waals surface area contributed by atoms with Crippen molar-refractivity contribution in [1.82, 2.24) is 4.90 Å². The highest BCUT2D eigenvalue weighted by Gasteiger charge is 2.46. The molecule has 2 amide bonds. The van der Waals surface area contributed by atoms with Crippen LogP contribution in [0.1, 0.15) is 17.5 Å². The van der Waals surface area contributed by atoms with E-state index in [1.807, 2.05) is 18.2 Å². The van der Waals surface area contributed by atoms with Crippen LogP contribution in [0.2, 0.25) is 0 Å². The molecule has 1 aromatic rings. The predicted molar refractivity (Wildman–Crippen MR) is 76.3 cm³/mol. The Balaban J connectivity index is 1.76. The third-order valence-corrected chi connectivity index (χ3v) is 4.07. The maximum atomic E-state index is 13.1. The summed E-state index contributed by atoms with van der Waals surface area (Å²) in [6, 6.07) is 5.80. The van der Waals surface area contributed by atoms with Crippen molar-refractivity contribution in [3.63, 3.8) is 0 Å². The number of hydrogen-bond donors (Lipinski definition) is 2. The number of carbonyl (C=O) groups excluding carboxylic acids is 2. The van der Waals surface area contributed by atoms with Crippen LogP contribution in [0.15, 0.2) is 18.2 Å². The molecule has 0 aromatic heterocycles. The Kier molecular flexibility index (Phi) is 3.53. The topological polar surface area (TPSA) is 75.4 Å². The molecule has 112 valence electrons. The van der Waals surface area contributed by atoms with E-state index in [0.29, 0.717) is 19.5 Å². The average Bonchev–Trinajstić information content (AvgIpc) is 3.20. The van der Waals surface area contributed by atoms with Crippen LogP contribution in [0, 0.1) is 5.92 Å². The van der Waals surface area contributed by atoms with Gasteiger partial charge in [-0.2, -0.15) is 0 Å². The van der Waals surface area contributed by atoms with Crippen LogP contribution in [-0.4, -0.2) is 36.0 Å². The van der Waals surface area contributed by atoms with Crippen LogP contribution in [0.3, 0.4) is 0 Å². The number of benzene rings is 1. The van der Waals surface area contributed by atoms with Crippen molar-refractivity contribution in [3.05, 3.63) is 29.3 Å². The number of nitrogens with one attached hydrogen (secondary N) is 1. The van der Waals surface area contributed by atoms with Gasteiger partial charge < -0.3 is 16.0 Å². The van der Waals surface area contributed by atoms with Gasteiger partial charge in [0.05, 0.1) is 12.5 Å². The SMILES string of the molecule is NC(=O)CNc1cccc2c1CN(C(=O)[C@H]1C[C@H]1F)CC2. The van der Waals surface area contributed by atoms with Gasteiger partial charge in [0.15, 0.2) is 0 Å². The highest BCUT2D eigenvalue weighted by atomic mass is 19.1. The van der Waals surface area contributed by atoms with Crippen LogP contribution < -0.4 is 11.1 Å². The number of rotatable bonds is 4. The summed E-state index contributed by atoms with van der Waals surface area (Å²) in [6.45, 7) is 1.13. The summed E-state index contributed by atoms with van der Waals surface area (Å²) in [6.07, 6.45) is 0.128. The van der Waals surface area contributed by atoms with Crippen LogP contribution in [-0.2, 0) is 22.6 Å². The quantitative estimate of drug-likeness (QED) is 0.862. The fourth-order valence-corrected chi connectivity index (χ4v) is 2.77. The second-order valence-electron chi connectivity index (χ2n) is 5.63. The molecule has 1 aromatic carbocycles. The average molecular weight is 291 g/mol. The van der Waals surface area contributed by atoms with Crippen molar-refractivity contribution in [2.24, 2.45) is 11.7 Å². The predicted octanol–water partition coefficient (Wildman–Crippen LogP) is 0.826. The summed E-state index contributed by atoms with van der Waals surface area (Å²) < 4.78 is 13.1. The van der Waals surface area contributed by atoms with E-state index in [1.165, 1.54) is 0 Å². The van der Waals surface area contributed by atoms with Gasteiger partial charge in [-0.05, 0) is 30.0 Å². The Morgan fingerprint density at radius 3 is 2.86 bits per heavy atom. The van der Waals surface area contributed by atoms with E-state index in [0.717, 1.165) is 23.2 Å². The molecule has 6 heteroatoms. The molecule has 1 saturated carbocycles. The Morgan fingerprint density at radius 2 is 2.19 bits per heavy atom. The van der Waals surface area contributed by atoms with Crippen molar-refractivity contribution in [2.75, 3.05) is 18.4 Å². The lowest BCUT2D eigenvalue weighted by molar-refractivity contribution is -0.133. The van der Waals surface area contributed by atoms with Gasteiger partial charge in [0.25, 0.3) is 0 Å². The standard InChI is InChI=1S/C15H18FN3O2/c16-12-6-10(12)15(21)19-5-4-9-2-1-3-13(11(9)8-19)18-7-14(17)20/h1-3,10,12,18H,4-8H2,(H2,17,20)/t10-,12+/m0/s1. The van der Waals surface area contributed by atoms with Crippen molar-refractivity contribution >= 4 is 17.5 Å². The van der Waals surface area contributed by atoms with Crippen LogP contribution >= 0.6 is 0 Å². The highest BCUT2D eigenvalue weighted by Crippen LogP contribution is 2.37. The van der Waals surface area contributed by atoms with E-state index in [9.17, 15) is 14.0 Å². The van der Waals surface area contributed by atoms with Gasteiger partial charge in [0.1, 0.15) is 6.17 Å². The zero-order valence-electron chi connectivity index (χ0n) is 11.6. The molecule has 1 aliphatic carbocycles. The molecule has 0 saturated heterocycles. The molecule has 0 bridgehead atoms. The molecule has 3 N–H and O–H groups in total. The summed E-state index contributed by atoms with van der Waals surface area (Å²) in [5, 5.41) is 3.00. The monoisotopic (exact) mass is 291 g/mol. The molecule has 0 radical (unpaired) electrons. The smallest absolute Gasteiger partial charge is 0.236 e. The zero-order chi connectivity index (χ0) is 15.0. The number of halogens is 1. The molecule has 0 unspecified atom stereocenters. The Hall–Kier alpha value is -2.11. The van der Waals surface area contributed by atoms with Gasteiger partial charge in [-0.3, -0.25) is 9.59 Å². The number of amides is 2. The normalized spacial score (nSPS) is 23.4. The third-order valence-electron chi connectivity index (χ3n) is 4.07. The lowest BCUT2D eigenvalue weighted by atomic mass is 9.97. The number of fused-ring (bicyclic) bond motifs is 1.